The van der Waals surface area contributed by atoms with Gasteiger partial charge in [0.15, 0.2) is 0 Å². The van der Waals surface area contributed by atoms with E-state index in [1.807, 2.05) is 12.1 Å². The van der Waals surface area contributed by atoms with Crippen LogP contribution in [0.4, 0.5) is 0 Å². The molecule has 1 N–H and O–H groups in total. The van der Waals surface area contributed by atoms with E-state index in [2.05, 4.69) is 53.2 Å². The first-order chi connectivity index (χ1) is 9.15. The van der Waals surface area contributed by atoms with E-state index in [1.165, 1.54) is 16.7 Å². The van der Waals surface area contributed by atoms with Crippen molar-refractivity contribution in [3.05, 3.63) is 69.2 Å². The van der Waals surface area contributed by atoms with Crippen LogP contribution in [0.3, 0.4) is 0 Å². The van der Waals surface area contributed by atoms with E-state index in [0.717, 1.165) is 22.9 Å². The second kappa shape index (κ2) is 5.10. The minimum atomic E-state index is -0.379. The molecule has 19 heavy (non-hydrogen) atoms. The van der Waals surface area contributed by atoms with E-state index in [1.54, 1.807) is 0 Å². The highest BCUT2D eigenvalue weighted by molar-refractivity contribution is 9.10. The number of hydrogen-bond acceptors (Lipinski definition) is 1. The fourth-order valence-corrected chi connectivity index (χ4v) is 3.19. The molecule has 0 bridgehead atoms. The van der Waals surface area contributed by atoms with Gasteiger partial charge in [-0.1, -0.05) is 52.3 Å². The Morgan fingerprint density at radius 1 is 1.26 bits per heavy atom. The van der Waals surface area contributed by atoms with Crippen LogP contribution in [0.15, 0.2) is 46.9 Å². The quantitative estimate of drug-likeness (QED) is 0.882. The summed E-state index contributed by atoms with van der Waals surface area (Å²) in [5, 5.41) is 10.4. The predicted molar refractivity (Wildman–Crippen MR) is 81.3 cm³/mol. The zero-order chi connectivity index (χ0) is 13.4. The van der Waals surface area contributed by atoms with Gasteiger partial charge >= 0.3 is 0 Å². The predicted octanol–water partition coefficient (Wildman–Crippen LogP) is 4.52. The molecule has 2 aromatic rings. The Labute approximate surface area is 122 Å². The number of fused-ring (bicyclic) bond motifs is 1. The average molecular weight is 317 g/mol. The second-order valence-corrected chi connectivity index (χ2v) is 6.21. The fourth-order valence-electron chi connectivity index (χ4n) is 2.79. The van der Waals surface area contributed by atoms with Crippen molar-refractivity contribution in [2.75, 3.05) is 0 Å². The molecule has 0 fully saturated rings. The number of aryl methyl sites for hydroxylation is 1. The molecule has 0 aliphatic heterocycles. The number of hydrogen-bond donors (Lipinski definition) is 1. The molecule has 0 saturated carbocycles. The number of aliphatic hydroxyl groups excluding tert-OH is 1. The normalized spacial score (nSPS) is 18.6. The summed E-state index contributed by atoms with van der Waals surface area (Å²) in [6, 6.07) is 14.6. The average Bonchev–Trinajstić information content (AvgIpc) is 2.39. The van der Waals surface area contributed by atoms with Crippen molar-refractivity contribution >= 4 is 15.9 Å². The van der Waals surface area contributed by atoms with Crippen LogP contribution in [-0.4, -0.2) is 5.11 Å². The Balaban J connectivity index is 1.73. The number of benzene rings is 2. The maximum absolute atomic E-state index is 10.4. The SMILES string of the molecule is Cc1ccc(C(O)CC2Cc3ccccc32)cc1Br. The molecule has 2 aromatic carbocycles. The summed E-state index contributed by atoms with van der Waals surface area (Å²) in [5.74, 6) is 0.506. The minimum absolute atomic E-state index is 0.379. The molecule has 2 atom stereocenters. The third kappa shape index (κ3) is 2.47. The van der Waals surface area contributed by atoms with Crippen LogP contribution < -0.4 is 0 Å². The van der Waals surface area contributed by atoms with Crippen LogP contribution in [-0.2, 0) is 6.42 Å². The number of halogens is 1. The third-order valence-corrected chi connectivity index (χ3v) is 4.90. The lowest BCUT2D eigenvalue weighted by molar-refractivity contribution is 0.153. The lowest BCUT2D eigenvalue weighted by Gasteiger charge is -2.31. The standard InChI is InChI=1S/C17H17BrO/c1-11-6-7-13(9-16(11)18)17(19)10-14-8-12-4-2-3-5-15(12)14/h2-7,9,14,17,19H,8,10H2,1H3. The Morgan fingerprint density at radius 3 is 2.79 bits per heavy atom. The minimum Gasteiger partial charge on any atom is -0.388 e. The van der Waals surface area contributed by atoms with E-state index in [0.29, 0.717) is 5.92 Å². The molecule has 2 heteroatoms. The molecule has 0 heterocycles. The van der Waals surface area contributed by atoms with Crippen LogP contribution >= 0.6 is 15.9 Å². The maximum Gasteiger partial charge on any atom is 0.0796 e. The lowest BCUT2D eigenvalue weighted by atomic mass is 9.74. The number of rotatable bonds is 3. The molecule has 0 aromatic heterocycles. The summed E-state index contributed by atoms with van der Waals surface area (Å²) in [6.07, 6.45) is 1.53. The van der Waals surface area contributed by atoms with E-state index < -0.39 is 0 Å². The topological polar surface area (TPSA) is 20.2 Å². The van der Waals surface area contributed by atoms with Gasteiger partial charge in [-0.15, -0.1) is 0 Å². The Kier molecular flexibility index (Phi) is 3.46. The summed E-state index contributed by atoms with van der Waals surface area (Å²) in [6.45, 7) is 2.06. The van der Waals surface area contributed by atoms with Gasteiger partial charge in [-0.05, 0) is 54.0 Å². The summed E-state index contributed by atoms with van der Waals surface area (Å²) >= 11 is 3.53. The van der Waals surface area contributed by atoms with E-state index in [4.69, 9.17) is 0 Å². The second-order valence-electron chi connectivity index (χ2n) is 5.36. The van der Waals surface area contributed by atoms with Crippen LogP contribution in [0.2, 0.25) is 0 Å². The highest BCUT2D eigenvalue weighted by Gasteiger charge is 2.27. The molecule has 1 nitrogen and oxygen atoms in total. The van der Waals surface area contributed by atoms with E-state index in [9.17, 15) is 5.11 Å². The Morgan fingerprint density at radius 2 is 2.05 bits per heavy atom. The van der Waals surface area contributed by atoms with Crippen LogP contribution in [0, 0.1) is 6.92 Å². The van der Waals surface area contributed by atoms with Crippen molar-refractivity contribution in [2.45, 2.75) is 31.8 Å². The molecular weight excluding hydrogens is 300 g/mol. The molecule has 1 aliphatic rings. The monoisotopic (exact) mass is 316 g/mol. The fraction of sp³-hybridized carbons (Fsp3) is 0.294. The van der Waals surface area contributed by atoms with Crippen molar-refractivity contribution in [2.24, 2.45) is 0 Å². The van der Waals surface area contributed by atoms with Crippen molar-refractivity contribution in [1.29, 1.82) is 0 Å². The van der Waals surface area contributed by atoms with Crippen LogP contribution in [0.25, 0.3) is 0 Å². The molecular formula is C17H17BrO. The van der Waals surface area contributed by atoms with Gasteiger partial charge in [0.1, 0.15) is 0 Å². The lowest BCUT2D eigenvalue weighted by Crippen LogP contribution is -2.19. The zero-order valence-corrected chi connectivity index (χ0v) is 12.5. The molecule has 0 amide bonds. The molecule has 0 saturated heterocycles. The zero-order valence-electron chi connectivity index (χ0n) is 10.9. The molecule has 1 aliphatic carbocycles. The molecule has 0 radical (unpaired) electrons. The van der Waals surface area contributed by atoms with Crippen LogP contribution in [0.1, 0.15) is 40.7 Å². The van der Waals surface area contributed by atoms with Gasteiger partial charge in [0.2, 0.25) is 0 Å². The summed E-state index contributed by atoms with van der Waals surface area (Å²) < 4.78 is 1.07. The summed E-state index contributed by atoms with van der Waals surface area (Å²) in [5.41, 5.74) is 5.05. The van der Waals surface area contributed by atoms with E-state index >= 15 is 0 Å². The van der Waals surface area contributed by atoms with Gasteiger partial charge in [-0.25, -0.2) is 0 Å². The van der Waals surface area contributed by atoms with Gasteiger partial charge in [0.25, 0.3) is 0 Å². The molecule has 0 spiro atoms. The first kappa shape index (κ1) is 12.9. The largest absolute Gasteiger partial charge is 0.388 e. The van der Waals surface area contributed by atoms with Crippen molar-refractivity contribution in [1.82, 2.24) is 0 Å². The Hall–Kier alpha value is -1.12. The third-order valence-electron chi connectivity index (χ3n) is 4.05. The van der Waals surface area contributed by atoms with E-state index in [-0.39, 0.29) is 6.10 Å². The van der Waals surface area contributed by atoms with Crippen molar-refractivity contribution in [3.63, 3.8) is 0 Å². The highest BCUT2D eigenvalue weighted by Crippen LogP contribution is 2.40. The van der Waals surface area contributed by atoms with Crippen molar-refractivity contribution in [3.8, 4) is 0 Å². The van der Waals surface area contributed by atoms with Gasteiger partial charge in [0.05, 0.1) is 6.10 Å². The van der Waals surface area contributed by atoms with Crippen molar-refractivity contribution < 1.29 is 5.11 Å². The molecule has 98 valence electrons. The van der Waals surface area contributed by atoms with Gasteiger partial charge < -0.3 is 5.11 Å². The molecule has 3 rings (SSSR count). The van der Waals surface area contributed by atoms with Gasteiger partial charge in [-0.3, -0.25) is 0 Å². The summed E-state index contributed by atoms with van der Waals surface area (Å²) in [4.78, 5) is 0. The van der Waals surface area contributed by atoms with Gasteiger partial charge in [-0.2, -0.15) is 0 Å². The maximum atomic E-state index is 10.4. The highest BCUT2D eigenvalue weighted by atomic mass is 79.9. The first-order valence-corrected chi connectivity index (χ1v) is 7.46. The van der Waals surface area contributed by atoms with Gasteiger partial charge in [0, 0.05) is 4.47 Å². The Bertz CT molecular complexity index is 606. The smallest absolute Gasteiger partial charge is 0.0796 e. The molecule has 2 unspecified atom stereocenters. The number of aliphatic hydroxyl groups is 1. The van der Waals surface area contributed by atoms with Crippen LogP contribution in [0.5, 0.6) is 0 Å². The first-order valence-electron chi connectivity index (χ1n) is 6.67. The summed E-state index contributed by atoms with van der Waals surface area (Å²) in [7, 11) is 0.